The van der Waals surface area contributed by atoms with Crippen molar-refractivity contribution in [2.75, 3.05) is 32.9 Å². The van der Waals surface area contributed by atoms with E-state index in [2.05, 4.69) is 10.2 Å². The number of morpholine rings is 1. The second kappa shape index (κ2) is 12.4. The number of nitrogens with one attached hydrogen (secondary N) is 1. The number of alkyl halides is 3. The van der Waals surface area contributed by atoms with Gasteiger partial charge in [-0.1, -0.05) is 0 Å². The van der Waals surface area contributed by atoms with Crippen molar-refractivity contribution in [3.63, 3.8) is 0 Å². The highest BCUT2D eigenvalue weighted by Gasteiger charge is 2.24. The molecule has 0 atom stereocenters. The molecule has 1 N–H and O–H groups in total. The summed E-state index contributed by atoms with van der Waals surface area (Å²) in [5, 5.41) is 12.0. The molecule has 0 saturated carbocycles. The first-order valence-corrected chi connectivity index (χ1v) is 4.54. The van der Waals surface area contributed by atoms with Gasteiger partial charge in [-0.05, 0) is 6.92 Å². The topological polar surface area (TPSA) is 70.6 Å². The van der Waals surface area contributed by atoms with Crippen LogP contribution in [-0.4, -0.2) is 45.4 Å². The maximum Gasteiger partial charge on any atom is 0.446 e. The summed E-state index contributed by atoms with van der Waals surface area (Å²) in [5.74, 6) is 0. The van der Waals surface area contributed by atoms with E-state index in [0.717, 1.165) is 26.3 Å². The fourth-order valence-corrected chi connectivity index (χ4v) is 0.516. The highest BCUT2D eigenvalue weighted by Crippen LogP contribution is 2.08. The number of rotatable bonds is 1. The molecule has 98 valence electrons. The second-order valence-electron chi connectivity index (χ2n) is 2.43. The average molecular weight is 246 g/mol. The summed E-state index contributed by atoms with van der Waals surface area (Å²) in [6.45, 7) is 5.74. The number of halogens is 3. The molecule has 1 rings (SSSR count). The molecule has 0 amide bonds. The molecule has 0 radical (unpaired) electrons. The van der Waals surface area contributed by atoms with Crippen LogP contribution in [0, 0.1) is 0 Å². The first kappa shape index (κ1) is 17.7. The summed E-state index contributed by atoms with van der Waals surface area (Å²) < 4.78 is 36.3. The monoisotopic (exact) mass is 246 g/mol. The highest BCUT2D eigenvalue weighted by atomic mass is 19.4. The molecule has 1 aliphatic rings. The lowest BCUT2D eigenvalue weighted by molar-refractivity contribution is -0.688. The van der Waals surface area contributed by atoms with E-state index in [1.54, 1.807) is 6.92 Å². The van der Waals surface area contributed by atoms with E-state index in [4.69, 9.17) is 14.8 Å². The Balaban J connectivity index is 0. The third kappa shape index (κ3) is 23.3. The van der Waals surface area contributed by atoms with Gasteiger partial charge >= 0.3 is 6.18 Å². The Bertz CT molecular complexity index is 137. The zero-order valence-electron chi connectivity index (χ0n) is 8.88. The normalized spacial score (nSPS) is 15.1. The molecule has 5 nitrogen and oxygen atoms in total. The molecule has 1 heterocycles. The third-order valence-corrected chi connectivity index (χ3v) is 1.10. The Morgan fingerprint density at radius 3 is 1.88 bits per heavy atom. The molecule has 0 aromatic heterocycles. The summed E-state index contributed by atoms with van der Waals surface area (Å²) >= 11 is 0. The Morgan fingerprint density at radius 2 is 1.81 bits per heavy atom. The third-order valence-electron chi connectivity index (χ3n) is 1.10. The van der Waals surface area contributed by atoms with E-state index >= 15 is 0 Å². The fraction of sp³-hybridized carbons (Fsp3) is 0.875. The number of ether oxygens (including phenoxy) is 1. The number of carbonyl (C=O) groups excluding carboxylic acids is 1. The van der Waals surface area contributed by atoms with E-state index in [-0.39, 0.29) is 6.61 Å². The molecule has 0 unspecified atom stereocenters. The lowest BCUT2D eigenvalue weighted by Gasteiger charge is -2.10. The Morgan fingerprint density at radius 1 is 1.44 bits per heavy atom. The fourth-order valence-electron chi connectivity index (χ4n) is 0.516. The number of carbonyl (C=O) groups is 1. The lowest BCUT2D eigenvalue weighted by atomic mass is 10.5. The predicted octanol–water partition coefficient (Wildman–Crippen LogP) is -0.348. The van der Waals surface area contributed by atoms with Crippen molar-refractivity contribution in [1.29, 1.82) is 0 Å². The molecule has 0 aliphatic carbocycles. The SMILES string of the molecule is C1COCCN1.CCO[O-].O=CC(F)(F)F. The molecule has 8 heteroatoms. The molecular formula is C8H15F3NO4-. The average Bonchev–Trinajstić information content (AvgIpc) is 2.31. The van der Waals surface area contributed by atoms with E-state index in [1.165, 1.54) is 0 Å². The number of hydrogen-bond donors (Lipinski definition) is 1. The minimum atomic E-state index is -4.64. The van der Waals surface area contributed by atoms with Crippen LogP contribution in [0.1, 0.15) is 6.92 Å². The zero-order valence-corrected chi connectivity index (χ0v) is 8.88. The van der Waals surface area contributed by atoms with E-state index in [1.807, 2.05) is 0 Å². The summed E-state index contributed by atoms with van der Waals surface area (Å²) in [5.41, 5.74) is 0. The van der Waals surface area contributed by atoms with Crippen LogP contribution < -0.4 is 10.6 Å². The largest absolute Gasteiger partial charge is 0.723 e. The number of aldehydes is 1. The smallest absolute Gasteiger partial charge is 0.446 e. The minimum Gasteiger partial charge on any atom is -0.723 e. The maximum absolute atomic E-state index is 10.4. The zero-order chi connectivity index (χ0) is 12.9. The van der Waals surface area contributed by atoms with Crippen molar-refractivity contribution in [1.82, 2.24) is 5.32 Å². The second-order valence-corrected chi connectivity index (χ2v) is 2.43. The molecular weight excluding hydrogens is 231 g/mol. The van der Waals surface area contributed by atoms with Crippen LogP contribution in [0.2, 0.25) is 0 Å². The van der Waals surface area contributed by atoms with Crippen molar-refractivity contribution in [3.8, 4) is 0 Å². The van der Waals surface area contributed by atoms with E-state index in [0.29, 0.717) is 0 Å². The van der Waals surface area contributed by atoms with Crippen LogP contribution in [0.25, 0.3) is 0 Å². The van der Waals surface area contributed by atoms with Crippen molar-refractivity contribution < 1.29 is 32.8 Å². The first-order chi connectivity index (χ1) is 7.47. The van der Waals surface area contributed by atoms with Crippen LogP contribution in [0.5, 0.6) is 0 Å². The molecule has 0 spiro atoms. The van der Waals surface area contributed by atoms with Gasteiger partial charge in [0.2, 0.25) is 6.29 Å². The van der Waals surface area contributed by atoms with Gasteiger partial charge in [-0.3, -0.25) is 4.79 Å². The van der Waals surface area contributed by atoms with Crippen LogP contribution in [0.4, 0.5) is 13.2 Å². The Kier molecular flexibility index (Phi) is 13.7. The van der Waals surface area contributed by atoms with Gasteiger partial charge in [0, 0.05) is 19.7 Å². The summed E-state index contributed by atoms with van der Waals surface area (Å²) in [4.78, 5) is 12.0. The standard InChI is InChI=1S/C4H9NO.C2HF3O.C2H6O2/c1-3-6-4-2-5-1;3-2(4,5)1-6;1-2-4-3/h5H,1-4H2;1H;3H,2H2,1H3/p-1. The van der Waals surface area contributed by atoms with Crippen molar-refractivity contribution >= 4 is 6.29 Å². The quantitative estimate of drug-likeness (QED) is 0.389. The predicted molar refractivity (Wildman–Crippen MR) is 47.4 cm³/mol. The van der Waals surface area contributed by atoms with Gasteiger partial charge in [-0.15, -0.1) is 0 Å². The van der Waals surface area contributed by atoms with Gasteiger partial charge in [0.05, 0.1) is 13.2 Å². The molecule has 1 saturated heterocycles. The molecule has 0 bridgehead atoms. The molecule has 0 aromatic carbocycles. The van der Waals surface area contributed by atoms with Gasteiger partial charge < -0.3 is 20.2 Å². The summed E-state index contributed by atoms with van der Waals surface area (Å²) in [7, 11) is 0. The Hall–Kier alpha value is -0.700. The van der Waals surface area contributed by atoms with Gasteiger partial charge in [-0.25, -0.2) is 0 Å². The van der Waals surface area contributed by atoms with Crippen LogP contribution in [-0.2, 0) is 14.4 Å². The molecule has 1 fully saturated rings. The van der Waals surface area contributed by atoms with Crippen LogP contribution in [0.15, 0.2) is 0 Å². The first-order valence-electron chi connectivity index (χ1n) is 4.54. The number of hydrogen-bond acceptors (Lipinski definition) is 5. The Labute approximate surface area is 91.5 Å². The lowest BCUT2D eigenvalue weighted by Crippen LogP contribution is -2.30. The van der Waals surface area contributed by atoms with Crippen LogP contribution in [0.3, 0.4) is 0 Å². The van der Waals surface area contributed by atoms with Crippen molar-refractivity contribution in [3.05, 3.63) is 0 Å². The van der Waals surface area contributed by atoms with Crippen molar-refractivity contribution in [2.45, 2.75) is 13.1 Å². The molecule has 0 aromatic rings. The molecule has 16 heavy (non-hydrogen) atoms. The van der Waals surface area contributed by atoms with Crippen molar-refractivity contribution in [2.24, 2.45) is 0 Å². The van der Waals surface area contributed by atoms with Gasteiger partial charge in [0.15, 0.2) is 0 Å². The van der Waals surface area contributed by atoms with Gasteiger partial charge in [-0.2, -0.15) is 13.2 Å². The van der Waals surface area contributed by atoms with E-state index in [9.17, 15) is 13.2 Å². The maximum atomic E-state index is 10.4. The minimum absolute atomic E-state index is 0.264. The van der Waals surface area contributed by atoms with Crippen LogP contribution >= 0.6 is 0 Å². The summed E-state index contributed by atoms with van der Waals surface area (Å²) in [6, 6.07) is 0. The summed E-state index contributed by atoms with van der Waals surface area (Å²) in [6.07, 6.45) is -5.70. The van der Waals surface area contributed by atoms with Gasteiger partial charge in [0.1, 0.15) is 0 Å². The highest BCUT2D eigenvalue weighted by molar-refractivity contribution is 5.56. The van der Waals surface area contributed by atoms with E-state index < -0.39 is 12.5 Å². The molecule has 1 aliphatic heterocycles. The van der Waals surface area contributed by atoms with Gasteiger partial charge in [0.25, 0.3) is 0 Å².